The second kappa shape index (κ2) is 4.40. The summed E-state index contributed by atoms with van der Waals surface area (Å²) in [5, 5.41) is 0. The van der Waals surface area contributed by atoms with Crippen LogP contribution in [0.3, 0.4) is 0 Å². The Hall–Kier alpha value is -0.120. The normalized spacial score (nSPS) is 22.8. The summed E-state index contributed by atoms with van der Waals surface area (Å²) in [4.78, 5) is 0. The van der Waals surface area contributed by atoms with Crippen molar-refractivity contribution < 1.29 is 4.74 Å². The van der Waals surface area contributed by atoms with Gasteiger partial charge in [-0.15, -0.1) is 0 Å². The second-order valence-electron chi connectivity index (χ2n) is 4.47. The molecule has 3 N–H and O–H groups in total. The third kappa shape index (κ3) is 2.22. The molecule has 0 aromatic carbocycles. The van der Waals surface area contributed by atoms with Gasteiger partial charge in [-0.2, -0.15) is 0 Å². The number of nitrogens with two attached hydrogens (primary N) is 1. The minimum absolute atomic E-state index is 0.0268. The molecule has 1 atom stereocenters. The lowest BCUT2D eigenvalue weighted by Crippen LogP contribution is -2.58. The first-order valence-corrected chi connectivity index (χ1v) is 5.16. The number of nitrogens with one attached hydrogen (secondary N) is 1. The van der Waals surface area contributed by atoms with Crippen LogP contribution >= 0.6 is 0 Å². The molecule has 0 spiro atoms. The van der Waals surface area contributed by atoms with Gasteiger partial charge in [-0.25, -0.2) is 0 Å². The van der Waals surface area contributed by atoms with Gasteiger partial charge >= 0.3 is 0 Å². The number of rotatable bonds is 5. The van der Waals surface area contributed by atoms with Crippen LogP contribution in [0.5, 0.6) is 0 Å². The lowest BCUT2D eigenvalue weighted by molar-refractivity contribution is -0.102. The number of hydrogen-bond acceptors (Lipinski definition) is 3. The molecule has 0 amide bonds. The van der Waals surface area contributed by atoms with Gasteiger partial charge < -0.3 is 4.74 Å². The van der Waals surface area contributed by atoms with Crippen LogP contribution in [0, 0.1) is 5.92 Å². The highest BCUT2D eigenvalue weighted by atomic mass is 16.5. The van der Waals surface area contributed by atoms with Gasteiger partial charge in [0.2, 0.25) is 0 Å². The van der Waals surface area contributed by atoms with Crippen LogP contribution in [-0.4, -0.2) is 18.8 Å². The molecule has 3 heteroatoms. The molecule has 13 heavy (non-hydrogen) atoms. The maximum Gasteiger partial charge on any atom is 0.0844 e. The molecule has 1 aliphatic rings. The average molecular weight is 186 g/mol. The van der Waals surface area contributed by atoms with Gasteiger partial charge in [-0.3, -0.25) is 11.3 Å². The summed E-state index contributed by atoms with van der Waals surface area (Å²) in [7, 11) is 1.80. The van der Waals surface area contributed by atoms with Crippen molar-refractivity contribution in [3.8, 4) is 0 Å². The van der Waals surface area contributed by atoms with Crippen molar-refractivity contribution in [1.82, 2.24) is 5.43 Å². The minimum atomic E-state index is 0.0268. The van der Waals surface area contributed by atoms with Crippen molar-refractivity contribution in [3.63, 3.8) is 0 Å². The monoisotopic (exact) mass is 186 g/mol. The number of hydrogen-bond donors (Lipinski definition) is 2. The van der Waals surface area contributed by atoms with Gasteiger partial charge in [0.05, 0.1) is 11.6 Å². The number of ether oxygens (including phenoxy) is 1. The molecule has 78 valence electrons. The molecule has 1 fully saturated rings. The highest BCUT2D eigenvalue weighted by molar-refractivity contribution is 4.99. The first-order valence-electron chi connectivity index (χ1n) is 5.16. The molecule has 1 aliphatic carbocycles. The van der Waals surface area contributed by atoms with E-state index in [4.69, 9.17) is 10.6 Å². The summed E-state index contributed by atoms with van der Waals surface area (Å²) in [5.41, 5.74) is 2.93. The summed E-state index contributed by atoms with van der Waals surface area (Å²) < 4.78 is 5.59. The molecule has 0 aliphatic heterocycles. The average Bonchev–Trinajstić information content (AvgIpc) is 2.01. The molecule has 3 nitrogen and oxygen atoms in total. The maximum atomic E-state index is 5.59. The molecular weight excluding hydrogens is 164 g/mol. The van der Waals surface area contributed by atoms with Crippen molar-refractivity contribution in [3.05, 3.63) is 0 Å². The fraction of sp³-hybridized carbons (Fsp3) is 1.00. The van der Waals surface area contributed by atoms with Gasteiger partial charge in [-0.1, -0.05) is 13.8 Å². The van der Waals surface area contributed by atoms with Crippen LogP contribution in [0.15, 0.2) is 0 Å². The van der Waals surface area contributed by atoms with Crippen LogP contribution < -0.4 is 11.3 Å². The van der Waals surface area contributed by atoms with Gasteiger partial charge in [0.15, 0.2) is 0 Å². The van der Waals surface area contributed by atoms with Crippen molar-refractivity contribution in [2.75, 3.05) is 7.11 Å². The van der Waals surface area contributed by atoms with E-state index >= 15 is 0 Å². The molecule has 0 saturated heterocycles. The van der Waals surface area contributed by atoms with Gasteiger partial charge in [0.25, 0.3) is 0 Å². The molecule has 1 unspecified atom stereocenters. The Morgan fingerprint density at radius 2 is 2.08 bits per heavy atom. The molecular formula is C10H22N2O. The zero-order valence-electron chi connectivity index (χ0n) is 8.97. The van der Waals surface area contributed by atoms with Gasteiger partial charge in [0.1, 0.15) is 0 Å². The summed E-state index contributed by atoms with van der Waals surface area (Å²) in [5.74, 6) is 6.22. The van der Waals surface area contributed by atoms with E-state index in [2.05, 4.69) is 19.3 Å². The Morgan fingerprint density at radius 1 is 1.46 bits per heavy atom. The van der Waals surface area contributed by atoms with Gasteiger partial charge in [0, 0.05) is 7.11 Å². The second-order valence-corrected chi connectivity index (χ2v) is 4.47. The maximum absolute atomic E-state index is 5.59. The van der Waals surface area contributed by atoms with E-state index in [1.54, 1.807) is 7.11 Å². The van der Waals surface area contributed by atoms with E-state index in [1.807, 2.05) is 0 Å². The highest BCUT2D eigenvalue weighted by Crippen LogP contribution is 2.39. The van der Waals surface area contributed by atoms with Crippen molar-refractivity contribution in [1.29, 1.82) is 0 Å². The third-order valence-corrected chi connectivity index (χ3v) is 3.15. The minimum Gasteiger partial charge on any atom is -0.377 e. The summed E-state index contributed by atoms with van der Waals surface area (Å²) in [6.07, 6.45) is 4.64. The quantitative estimate of drug-likeness (QED) is 0.504. The standard InChI is InChI=1S/C10H22N2O/c1-8(2)7-9(12-11)10(13-3)5-4-6-10/h8-9,12H,4-7,11H2,1-3H3. The predicted molar refractivity (Wildman–Crippen MR) is 54.2 cm³/mol. The molecule has 1 saturated carbocycles. The summed E-state index contributed by atoms with van der Waals surface area (Å²) in [6.45, 7) is 4.43. The van der Waals surface area contributed by atoms with E-state index in [-0.39, 0.29) is 5.60 Å². The number of hydrazine groups is 1. The van der Waals surface area contributed by atoms with Crippen molar-refractivity contribution in [2.45, 2.75) is 51.2 Å². The summed E-state index contributed by atoms with van der Waals surface area (Å²) >= 11 is 0. The predicted octanol–water partition coefficient (Wildman–Crippen LogP) is 1.43. The molecule has 0 aromatic heterocycles. The Morgan fingerprint density at radius 3 is 2.31 bits per heavy atom. The largest absolute Gasteiger partial charge is 0.377 e. The Balaban J connectivity index is 2.52. The van der Waals surface area contributed by atoms with Gasteiger partial charge in [-0.05, 0) is 31.6 Å². The Kier molecular flexibility index (Phi) is 3.71. The van der Waals surface area contributed by atoms with Crippen LogP contribution in [-0.2, 0) is 4.74 Å². The molecule has 1 rings (SSSR count). The van der Waals surface area contributed by atoms with Crippen LogP contribution in [0.2, 0.25) is 0 Å². The topological polar surface area (TPSA) is 47.3 Å². The smallest absolute Gasteiger partial charge is 0.0844 e. The zero-order valence-corrected chi connectivity index (χ0v) is 8.97. The molecule has 0 bridgehead atoms. The fourth-order valence-corrected chi connectivity index (χ4v) is 2.13. The lowest BCUT2D eigenvalue weighted by Gasteiger charge is -2.46. The van der Waals surface area contributed by atoms with Crippen LogP contribution in [0.4, 0.5) is 0 Å². The lowest BCUT2D eigenvalue weighted by atomic mass is 9.72. The zero-order chi connectivity index (χ0) is 9.90. The highest BCUT2D eigenvalue weighted by Gasteiger charge is 2.43. The third-order valence-electron chi connectivity index (χ3n) is 3.15. The van der Waals surface area contributed by atoms with E-state index in [1.165, 1.54) is 6.42 Å². The van der Waals surface area contributed by atoms with Crippen molar-refractivity contribution in [2.24, 2.45) is 11.8 Å². The van der Waals surface area contributed by atoms with E-state index < -0.39 is 0 Å². The number of methoxy groups -OCH3 is 1. The summed E-state index contributed by atoms with van der Waals surface area (Å²) in [6, 6.07) is 0.311. The first kappa shape index (κ1) is 11.0. The molecule has 0 aromatic rings. The molecule has 0 radical (unpaired) electrons. The van der Waals surface area contributed by atoms with Crippen LogP contribution in [0.1, 0.15) is 39.5 Å². The Labute approximate surface area is 81.0 Å². The van der Waals surface area contributed by atoms with E-state index in [0.29, 0.717) is 12.0 Å². The van der Waals surface area contributed by atoms with Crippen molar-refractivity contribution >= 4 is 0 Å². The molecule has 0 heterocycles. The SMILES string of the molecule is COC1(C(CC(C)C)NN)CCC1. The first-order chi connectivity index (χ1) is 6.14. The van der Waals surface area contributed by atoms with Crippen LogP contribution in [0.25, 0.3) is 0 Å². The van der Waals surface area contributed by atoms with E-state index in [9.17, 15) is 0 Å². The fourth-order valence-electron chi connectivity index (χ4n) is 2.13. The Bertz CT molecular complexity index is 149. The van der Waals surface area contributed by atoms with E-state index in [0.717, 1.165) is 19.3 Å².